The fraction of sp³-hybridized carbons (Fsp3) is 0.706. The third-order valence-electron chi connectivity index (χ3n) is 4.96. The van der Waals surface area contributed by atoms with Crippen LogP contribution in [0.5, 0.6) is 0 Å². The van der Waals surface area contributed by atoms with E-state index >= 15 is 0 Å². The molecular weight excluding hydrogens is 386 g/mol. The lowest BCUT2D eigenvalue weighted by Gasteiger charge is -2.36. The Labute approximate surface area is 168 Å². The van der Waals surface area contributed by atoms with Crippen LogP contribution in [-0.2, 0) is 26.2 Å². The largest absolute Gasteiger partial charge is 0.483 e. The van der Waals surface area contributed by atoms with Crippen molar-refractivity contribution < 1.29 is 24.2 Å². The fourth-order valence-electron chi connectivity index (χ4n) is 3.56. The Morgan fingerprint density at radius 3 is 2.64 bits per heavy atom. The van der Waals surface area contributed by atoms with Crippen molar-refractivity contribution in [2.75, 3.05) is 39.5 Å². The minimum atomic E-state index is -0.395. The summed E-state index contributed by atoms with van der Waals surface area (Å²) in [5.41, 5.74) is -0.395. The van der Waals surface area contributed by atoms with Crippen molar-refractivity contribution in [2.24, 2.45) is 12.5 Å². The summed E-state index contributed by atoms with van der Waals surface area (Å²) in [6, 6.07) is 0. The zero-order valence-electron chi connectivity index (χ0n) is 16.4. The molecule has 1 atom stereocenters. The van der Waals surface area contributed by atoms with Gasteiger partial charge in [0.05, 0.1) is 11.2 Å². The second kappa shape index (κ2) is 9.87. The highest BCUT2D eigenvalue weighted by molar-refractivity contribution is 7.99. The number of hydrogen-bond donors (Lipinski definition) is 1. The first-order chi connectivity index (χ1) is 13.3. The van der Waals surface area contributed by atoms with Gasteiger partial charge in [-0.05, 0) is 26.9 Å². The number of aryl methyl sites for hydroxylation is 1. The molecule has 3 heterocycles. The highest BCUT2D eigenvalue weighted by Crippen LogP contribution is 2.43. The Bertz CT molecular complexity index is 687. The van der Waals surface area contributed by atoms with Gasteiger partial charge in [0, 0.05) is 33.1 Å². The molecule has 0 saturated carbocycles. The van der Waals surface area contributed by atoms with Crippen molar-refractivity contribution in [1.29, 1.82) is 0 Å². The smallest absolute Gasteiger partial charge is 0.312 e. The zero-order valence-corrected chi connectivity index (χ0v) is 17.2. The first kappa shape index (κ1) is 22.2. The minimum absolute atomic E-state index is 0.0313. The number of esters is 1. The Hall–Kier alpha value is -2.14. The summed E-state index contributed by atoms with van der Waals surface area (Å²) in [6.07, 6.45) is 3.73. The van der Waals surface area contributed by atoms with Crippen LogP contribution in [0.15, 0.2) is 11.5 Å². The third kappa shape index (κ3) is 5.44. The molecule has 11 heteroatoms. The van der Waals surface area contributed by atoms with E-state index < -0.39 is 5.41 Å². The number of carboxylic acid groups (broad SMARTS) is 1. The summed E-state index contributed by atoms with van der Waals surface area (Å²) in [6.45, 7) is 1.73. The molecule has 0 aliphatic carbocycles. The van der Waals surface area contributed by atoms with E-state index in [1.54, 1.807) is 10.9 Å². The SMILES string of the molecule is CN(C)CC1CC2(CCN(C(=O)CSc3nncn3C)CC2)C(=O)O1.O=CO. The number of thioether (sulfide) groups is 1. The van der Waals surface area contributed by atoms with E-state index in [1.165, 1.54) is 11.8 Å². The number of likely N-dealkylation sites (N-methyl/N-ethyl adjacent to an activating group) is 1. The summed E-state index contributed by atoms with van der Waals surface area (Å²) < 4.78 is 7.36. The van der Waals surface area contributed by atoms with Gasteiger partial charge in [0.25, 0.3) is 6.47 Å². The molecule has 0 radical (unpaired) electrons. The second-order valence-corrected chi connectivity index (χ2v) is 8.22. The maximum Gasteiger partial charge on any atom is 0.312 e. The quantitative estimate of drug-likeness (QED) is 0.407. The highest BCUT2D eigenvalue weighted by atomic mass is 32.2. The number of rotatable bonds is 5. The molecule has 0 aromatic carbocycles. The van der Waals surface area contributed by atoms with Crippen molar-refractivity contribution >= 4 is 30.1 Å². The number of hydrogen-bond acceptors (Lipinski definition) is 8. The molecule has 10 nitrogen and oxygen atoms in total. The van der Waals surface area contributed by atoms with Crippen molar-refractivity contribution in [3.63, 3.8) is 0 Å². The fourth-order valence-corrected chi connectivity index (χ4v) is 4.35. The molecule has 28 heavy (non-hydrogen) atoms. The molecule has 1 unspecified atom stereocenters. The van der Waals surface area contributed by atoms with Crippen LogP contribution in [0.4, 0.5) is 0 Å². The van der Waals surface area contributed by atoms with Crippen molar-refractivity contribution in [3.8, 4) is 0 Å². The molecule has 1 N–H and O–H groups in total. The average Bonchev–Trinajstić information content (AvgIpc) is 3.17. The van der Waals surface area contributed by atoms with Gasteiger partial charge in [0.2, 0.25) is 5.91 Å². The molecule has 2 aliphatic rings. The van der Waals surface area contributed by atoms with Crippen LogP contribution in [0, 0.1) is 5.41 Å². The monoisotopic (exact) mass is 413 g/mol. The van der Waals surface area contributed by atoms with Crippen LogP contribution in [0.25, 0.3) is 0 Å². The molecule has 1 aromatic heterocycles. The Kier molecular flexibility index (Phi) is 7.81. The van der Waals surface area contributed by atoms with Crippen molar-refractivity contribution in [1.82, 2.24) is 24.6 Å². The van der Waals surface area contributed by atoms with E-state index in [9.17, 15) is 9.59 Å². The van der Waals surface area contributed by atoms with Gasteiger partial charge in [-0.2, -0.15) is 0 Å². The zero-order chi connectivity index (χ0) is 20.7. The number of nitrogens with zero attached hydrogens (tertiary/aromatic N) is 5. The van der Waals surface area contributed by atoms with Gasteiger partial charge in [-0.3, -0.25) is 14.4 Å². The van der Waals surface area contributed by atoms with Gasteiger partial charge in [-0.1, -0.05) is 11.8 Å². The van der Waals surface area contributed by atoms with Gasteiger partial charge in [0.15, 0.2) is 5.16 Å². The second-order valence-electron chi connectivity index (χ2n) is 7.27. The summed E-state index contributed by atoms with van der Waals surface area (Å²) >= 11 is 1.39. The molecule has 3 rings (SSSR count). The van der Waals surface area contributed by atoms with Crippen LogP contribution < -0.4 is 0 Å². The number of carbonyl (C=O) groups excluding carboxylic acids is 2. The maximum absolute atomic E-state index is 12.4. The average molecular weight is 414 g/mol. The number of piperidine rings is 1. The standard InChI is InChI=1S/C16H25N5O3S.CH2O2/c1-19(2)9-12-8-16(14(23)24-12)4-6-21(7-5-16)13(22)10-25-15-18-17-11-20(15)3;2-1-3/h11-12H,4-10H2,1-3H3;1H,(H,2,3). The molecule has 2 fully saturated rings. The van der Waals surface area contributed by atoms with Gasteiger partial charge < -0.3 is 24.2 Å². The lowest BCUT2D eigenvalue weighted by atomic mass is 9.76. The first-order valence-electron chi connectivity index (χ1n) is 8.99. The van der Waals surface area contributed by atoms with Crippen LogP contribution >= 0.6 is 11.8 Å². The third-order valence-corrected chi connectivity index (χ3v) is 5.98. The van der Waals surface area contributed by atoms with Crippen LogP contribution in [0.2, 0.25) is 0 Å². The number of ether oxygens (including phenoxy) is 1. The Morgan fingerprint density at radius 2 is 2.11 bits per heavy atom. The molecule has 1 amide bonds. The van der Waals surface area contributed by atoms with E-state index in [-0.39, 0.29) is 24.5 Å². The van der Waals surface area contributed by atoms with Crippen molar-refractivity contribution in [3.05, 3.63) is 6.33 Å². The Balaban J connectivity index is 0.000000878. The summed E-state index contributed by atoms with van der Waals surface area (Å²) in [5, 5.41) is 15.4. The molecule has 1 aromatic rings. The van der Waals surface area contributed by atoms with Gasteiger partial charge in [0.1, 0.15) is 12.4 Å². The van der Waals surface area contributed by atoms with Crippen LogP contribution in [0.1, 0.15) is 19.3 Å². The van der Waals surface area contributed by atoms with Gasteiger partial charge >= 0.3 is 5.97 Å². The lowest BCUT2D eigenvalue weighted by molar-refractivity contribution is -0.152. The van der Waals surface area contributed by atoms with E-state index in [0.717, 1.165) is 18.1 Å². The molecule has 2 saturated heterocycles. The molecule has 2 aliphatic heterocycles. The normalized spacial score (nSPS) is 20.6. The summed E-state index contributed by atoms with van der Waals surface area (Å²) in [7, 11) is 5.82. The molecule has 156 valence electrons. The van der Waals surface area contributed by atoms with Crippen LogP contribution in [-0.4, -0.2) is 93.6 Å². The first-order valence-corrected chi connectivity index (χ1v) is 9.98. The molecule has 1 spiro atoms. The highest BCUT2D eigenvalue weighted by Gasteiger charge is 2.50. The van der Waals surface area contributed by atoms with E-state index in [4.69, 9.17) is 14.6 Å². The molecular formula is C17H27N5O5S. The summed E-state index contributed by atoms with van der Waals surface area (Å²) in [5.74, 6) is 0.340. The number of likely N-dealkylation sites (tertiary alicyclic amines) is 1. The van der Waals surface area contributed by atoms with Crippen molar-refractivity contribution in [2.45, 2.75) is 30.5 Å². The van der Waals surface area contributed by atoms with E-state index in [1.807, 2.05) is 30.9 Å². The van der Waals surface area contributed by atoms with E-state index in [0.29, 0.717) is 31.7 Å². The minimum Gasteiger partial charge on any atom is -0.483 e. The summed E-state index contributed by atoms with van der Waals surface area (Å²) in [4.78, 5) is 37.0. The predicted molar refractivity (Wildman–Crippen MR) is 102 cm³/mol. The van der Waals surface area contributed by atoms with Crippen LogP contribution in [0.3, 0.4) is 0 Å². The Morgan fingerprint density at radius 1 is 1.46 bits per heavy atom. The molecule has 0 bridgehead atoms. The number of cyclic esters (lactones) is 1. The topological polar surface area (TPSA) is 118 Å². The number of aromatic nitrogens is 3. The number of amides is 1. The maximum atomic E-state index is 12.4. The number of carbonyl (C=O) groups is 3. The lowest BCUT2D eigenvalue weighted by Crippen LogP contribution is -2.45. The van der Waals surface area contributed by atoms with E-state index in [2.05, 4.69) is 10.2 Å². The van der Waals surface area contributed by atoms with Gasteiger partial charge in [-0.25, -0.2) is 0 Å². The van der Waals surface area contributed by atoms with Gasteiger partial charge in [-0.15, -0.1) is 10.2 Å². The predicted octanol–water partition coefficient (Wildman–Crippen LogP) is 0.0939.